The van der Waals surface area contributed by atoms with Crippen molar-refractivity contribution in [3.63, 3.8) is 0 Å². The summed E-state index contributed by atoms with van der Waals surface area (Å²) >= 11 is 0. The Morgan fingerprint density at radius 2 is 1.48 bits per heavy atom. The van der Waals surface area contributed by atoms with Crippen LogP contribution in [0.3, 0.4) is 0 Å². The van der Waals surface area contributed by atoms with Crippen LogP contribution in [0.15, 0.2) is 85.2 Å². The molecule has 0 spiro atoms. The Morgan fingerprint density at radius 1 is 0.827 bits per heavy atom. The lowest BCUT2D eigenvalue weighted by Crippen LogP contribution is -2.50. The predicted molar refractivity (Wildman–Crippen MR) is 198 cm³/mol. The number of anilines is 4. The van der Waals surface area contributed by atoms with Crippen molar-refractivity contribution in [3.05, 3.63) is 108 Å². The van der Waals surface area contributed by atoms with Gasteiger partial charge in [-0.3, -0.25) is 15.1 Å². The summed E-state index contributed by atoms with van der Waals surface area (Å²) in [5.74, 6) is -1.37. The van der Waals surface area contributed by atoms with Crippen LogP contribution in [-0.4, -0.2) is 45.7 Å². The number of aromatic nitrogens is 2. The molecule has 2 aromatic heterocycles. The van der Waals surface area contributed by atoms with Gasteiger partial charge in [-0.25, -0.2) is 19.0 Å². The Bertz CT molecular complexity index is 1850. The number of hydrogen-bond donors (Lipinski definition) is 5. The maximum atomic E-state index is 15.9. The van der Waals surface area contributed by atoms with Crippen LogP contribution in [0.4, 0.5) is 37.0 Å². The number of nitrogens with one attached hydrogen (secondary N) is 5. The summed E-state index contributed by atoms with van der Waals surface area (Å²) in [6, 6.07) is 20.7. The van der Waals surface area contributed by atoms with E-state index in [0.29, 0.717) is 24.2 Å². The molecule has 1 aliphatic carbocycles. The molecule has 1 aliphatic rings. The van der Waals surface area contributed by atoms with Gasteiger partial charge in [-0.1, -0.05) is 73.5 Å². The van der Waals surface area contributed by atoms with Crippen molar-refractivity contribution in [1.29, 1.82) is 0 Å². The summed E-state index contributed by atoms with van der Waals surface area (Å²) in [7, 11) is 0. The Balaban J connectivity index is 1.40. The first-order valence-electron chi connectivity index (χ1n) is 17.3. The van der Waals surface area contributed by atoms with Crippen LogP contribution in [0.25, 0.3) is 0 Å². The van der Waals surface area contributed by atoms with Crippen LogP contribution in [-0.2, 0) is 21.6 Å². The summed E-state index contributed by atoms with van der Waals surface area (Å²) in [6.07, 6.45) is 4.75. The van der Waals surface area contributed by atoms with E-state index >= 15 is 4.39 Å². The summed E-state index contributed by atoms with van der Waals surface area (Å²) in [6.45, 7) is 9.14. The molecule has 13 heteroatoms. The van der Waals surface area contributed by atoms with Crippen LogP contribution in [0.2, 0.25) is 0 Å². The second kappa shape index (κ2) is 16.5. The van der Waals surface area contributed by atoms with E-state index in [1.54, 1.807) is 26.8 Å². The fourth-order valence-corrected chi connectivity index (χ4v) is 5.84. The van der Waals surface area contributed by atoms with Crippen LogP contribution < -0.4 is 26.6 Å². The number of ether oxygens (including phenoxy) is 2. The van der Waals surface area contributed by atoms with Crippen molar-refractivity contribution in [2.75, 3.05) is 16.0 Å². The van der Waals surface area contributed by atoms with Crippen molar-refractivity contribution in [1.82, 2.24) is 20.6 Å². The molecule has 0 saturated heterocycles. The van der Waals surface area contributed by atoms with Crippen molar-refractivity contribution in [3.8, 4) is 0 Å². The average molecular weight is 712 g/mol. The van der Waals surface area contributed by atoms with Gasteiger partial charge in [-0.2, -0.15) is 0 Å². The van der Waals surface area contributed by atoms with E-state index in [4.69, 9.17) is 9.47 Å². The molecule has 2 aromatic carbocycles. The van der Waals surface area contributed by atoms with Gasteiger partial charge in [0.1, 0.15) is 18.0 Å². The molecule has 2 heterocycles. The summed E-state index contributed by atoms with van der Waals surface area (Å²) in [5, 5.41) is 14.9. The van der Waals surface area contributed by atoms with Crippen molar-refractivity contribution in [2.24, 2.45) is 0 Å². The van der Waals surface area contributed by atoms with Crippen LogP contribution >= 0.6 is 0 Å². The van der Waals surface area contributed by atoms with Crippen molar-refractivity contribution >= 4 is 41.1 Å². The molecule has 5 N–H and O–H groups in total. The second-order valence-electron chi connectivity index (χ2n) is 14.2. The Hall–Kier alpha value is -5.72. The minimum Gasteiger partial charge on any atom is -0.444 e. The standard InChI is InChI=1S/C39H46FN7O5/c1-38(2,3)52-37(50)45-32-19-13-12-18-31(32)44-34-30(40)21-29(35(48)47-39(4,5)26-16-10-7-11-17-26)33(46-34)42-27-20-28(23-41-22-27)43-36(49)51-24-25-14-8-6-9-15-25/h6-11,14-17,20-23,31-32H,12-13,18-19,24H2,1-5H3,(H,43,49)(H,45,50)(H,47,48)(H2,42,44,46)/t31-,32+/m1/s1. The molecule has 1 fully saturated rings. The molecule has 1 saturated carbocycles. The fraction of sp³-hybridized carbons (Fsp3) is 0.359. The van der Waals surface area contributed by atoms with Gasteiger partial charge in [0.15, 0.2) is 11.6 Å². The van der Waals surface area contributed by atoms with Crippen molar-refractivity contribution in [2.45, 2.75) is 90.1 Å². The zero-order chi connectivity index (χ0) is 37.3. The van der Waals surface area contributed by atoms with Gasteiger partial charge in [-0.15, -0.1) is 0 Å². The lowest BCUT2D eigenvalue weighted by atomic mass is 9.90. The second-order valence-corrected chi connectivity index (χ2v) is 14.2. The Labute approximate surface area is 303 Å². The molecule has 0 aliphatic heterocycles. The monoisotopic (exact) mass is 711 g/mol. The first-order valence-corrected chi connectivity index (χ1v) is 17.3. The highest BCUT2D eigenvalue weighted by Crippen LogP contribution is 2.29. The number of amides is 3. The third-order valence-electron chi connectivity index (χ3n) is 8.39. The topological polar surface area (TPSA) is 156 Å². The van der Waals surface area contributed by atoms with E-state index < -0.39 is 35.1 Å². The minimum atomic E-state index is -0.808. The number of nitrogens with zero attached hydrogens (tertiary/aromatic N) is 2. The SMILES string of the molecule is CC(C)(C)OC(=O)N[C@H]1CCCC[C@H]1Nc1nc(Nc2cncc(NC(=O)OCc3ccccc3)c2)c(C(=O)NC(C)(C)c2ccccc2)cc1F. The van der Waals surface area contributed by atoms with Gasteiger partial charge >= 0.3 is 12.2 Å². The fourth-order valence-electron chi connectivity index (χ4n) is 5.84. The largest absolute Gasteiger partial charge is 0.444 e. The highest BCUT2D eigenvalue weighted by atomic mass is 19.1. The molecular formula is C39H46FN7O5. The number of pyridine rings is 2. The van der Waals surface area contributed by atoms with Crippen LogP contribution in [0.5, 0.6) is 0 Å². The average Bonchev–Trinajstić information content (AvgIpc) is 3.09. The highest BCUT2D eigenvalue weighted by molar-refractivity contribution is 6.00. The lowest BCUT2D eigenvalue weighted by molar-refractivity contribution is 0.0488. The molecule has 0 radical (unpaired) electrons. The number of hydrogen-bond acceptors (Lipinski definition) is 9. The number of carbonyl (C=O) groups is 3. The van der Waals surface area contributed by atoms with E-state index in [-0.39, 0.29) is 35.9 Å². The highest BCUT2D eigenvalue weighted by Gasteiger charge is 2.31. The van der Waals surface area contributed by atoms with Crippen molar-refractivity contribution < 1.29 is 28.2 Å². The van der Waals surface area contributed by atoms with E-state index in [1.165, 1.54) is 12.4 Å². The van der Waals surface area contributed by atoms with Gasteiger partial charge < -0.3 is 30.7 Å². The number of rotatable bonds is 11. The van der Waals surface area contributed by atoms with Crippen LogP contribution in [0, 0.1) is 5.82 Å². The first-order chi connectivity index (χ1) is 24.8. The molecule has 2 atom stereocenters. The third kappa shape index (κ3) is 10.6. The molecular weight excluding hydrogens is 665 g/mol. The summed E-state index contributed by atoms with van der Waals surface area (Å²) in [5.41, 5.74) is 0.831. The van der Waals surface area contributed by atoms with E-state index in [1.807, 2.05) is 74.5 Å². The zero-order valence-electron chi connectivity index (χ0n) is 30.1. The lowest BCUT2D eigenvalue weighted by Gasteiger charge is -2.34. The molecule has 3 amide bonds. The zero-order valence-corrected chi connectivity index (χ0v) is 30.1. The third-order valence-corrected chi connectivity index (χ3v) is 8.39. The quantitative estimate of drug-likeness (QED) is 0.104. The van der Waals surface area contributed by atoms with Gasteiger partial charge in [0.2, 0.25) is 0 Å². The molecule has 274 valence electrons. The number of halogens is 1. The van der Waals surface area contributed by atoms with E-state index in [0.717, 1.165) is 30.0 Å². The molecule has 12 nitrogen and oxygen atoms in total. The summed E-state index contributed by atoms with van der Waals surface area (Å²) < 4.78 is 26.7. The summed E-state index contributed by atoms with van der Waals surface area (Å²) in [4.78, 5) is 47.8. The molecule has 5 rings (SSSR count). The van der Waals surface area contributed by atoms with Gasteiger partial charge in [0.05, 0.1) is 40.9 Å². The van der Waals surface area contributed by atoms with Gasteiger partial charge in [0, 0.05) is 6.04 Å². The Kier molecular flexibility index (Phi) is 11.9. The number of carbonyl (C=O) groups excluding carboxylic acids is 3. The van der Waals surface area contributed by atoms with E-state index in [2.05, 4.69) is 36.6 Å². The smallest absolute Gasteiger partial charge is 0.412 e. The van der Waals surface area contributed by atoms with Gasteiger partial charge in [0.25, 0.3) is 5.91 Å². The Morgan fingerprint density at radius 3 is 2.17 bits per heavy atom. The maximum absolute atomic E-state index is 15.9. The number of benzene rings is 2. The number of alkyl carbamates (subject to hydrolysis) is 1. The van der Waals surface area contributed by atoms with E-state index in [9.17, 15) is 14.4 Å². The molecule has 0 unspecified atom stereocenters. The minimum absolute atomic E-state index is 0.0447. The predicted octanol–water partition coefficient (Wildman–Crippen LogP) is 8.02. The van der Waals surface area contributed by atoms with Crippen LogP contribution in [0.1, 0.15) is 81.8 Å². The molecule has 0 bridgehead atoms. The van der Waals surface area contributed by atoms with Gasteiger partial charge in [-0.05, 0) is 70.7 Å². The normalized spacial score (nSPS) is 15.9. The molecule has 52 heavy (non-hydrogen) atoms. The maximum Gasteiger partial charge on any atom is 0.412 e. The molecule has 4 aromatic rings. The first kappa shape index (κ1) is 37.5.